The highest BCUT2D eigenvalue weighted by atomic mass is 35.5. The highest BCUT2D eigenvalue weighted by Crippen LogP contribution is 2.45. The number of imide groups is 1. The number of hydrogen-bond acceptors (Lipinski definition) is 3. The van der Waals surface area contributed by atoms with Crippen LogP contribution in [0.25, 0.3) is 10.9 Å². The number of nitrogens with one attached hydrogen (secondary N) is 2. The molecule has 36 heavy (non-hydrogen) atoms. The van der Waals surface area contributed by atoms with Crippen LogP contribution in [-0.2, 0) is 23.3 Å². The van der Waals surface area contributed by atoms with E-state index in [0.29, 0.717) is 18.0 Å². The van der Waals surface area contributed by atoms with E-state index in [0.717, 1.165) is 32.6 Å². The Morgan fingerprint density at radius 3 is 2.56 bits per heavy atom. The van der Waals surface area contributed by atoms with Gasteiger partial charge in [-0.2, -0.15) is 0 Å². The third-order valence-electron chi connectivity index (χ3n) is 7.22. The Kier molecular flexibility index (Phi) is 5.12. The van der Waals surface area contributed by atoms with Crippen molar-refractivity contribution in [3.8, 4) is 0 Å². The van der Waals surface area contributed by atoms with Crippen LogP contribution in [0.4, 0.5) is 10.5 Å². The van der Waals surface area contributed by atoms with E-state index in [4.69, 9.17) is 11.6 Å². The summed E-state index contributed by atoms with van der Waals surface area (Å²) in [6, 6.07) is 21.4. The molecule has 2 N–H and O–H groups in total. The average molecular weight is 499 g/mol. The molecule has 3 heterocycles. The lowest BCUT2D eigenvalue weighted by atomic mass is 9.87. The molecule has 2 aliphatic heterocycles. The second-order valence-corrected chi connectivity index (χ2v) is 9.68. The van der Waals surface area contributed by atoms with Crippen LogP contribution in [0.2, 0.25) is 5.02 Å². The number of aromatic nitrogens is 1. The molecule has 6 rings (SSSR count). The number of hydrogen-bond donors (Lipinski definition) is 2. The molecule has 2 aliphatic rings. The van der Waals surface area contributed by atoms with Crippen molar-refractivity contribution in [3.05, 3.63) is 100 Å². The molecular formula is C28H23ClN4O3. The summed E-state index contributed by atoms with van der Waals surface area (Å²) in [6.45, 7) is 2.48. The number of rotatable bonds is 4. The van der Waals surface area contributed by atoms with E-state index >= 15 is 0 Å². The van der Waals surface area contributed by atoms with Crippen LogP contribution in [0.5, 0.6) is 0 Å². The fraction of sp³-hybridized carbons (Fsp3) is 0.179. The number of amides is 4. The molecule has 1 fully saturated rings. The van der Waals surface area contributed by atoms with Crippen LogP contribution in [-0.4, -0.2) is 34.3 Å². The molecule has 1 unspecified atom stereocenters. The fourth-order valence-corrected chi connectivity index (χ4v) is 5.47. The zero-order chi connectivity index (χ0) is 25.0. The van der Waals surface area contributed by atoms with E-state index in [9.17, 15) is 14.4 Å². The van der Waals surface area contributed by atoms with Gasteiger partial charge in [-0.1, -0.05) is 54.1 Å². The van der Waals surface area contributed by atoms with Gasteiger partial charge in [0.2, 0.25) is 0 Å². The third-order valence-corrected chi connectivity index (χ3v) is 7.48. The van der Waals surface area contributed by atoms with Gasteiger partial charge in [-0.05, 0) is 54.8 Å². The number of urea groups is 1. The first kappa shape index (κ1) is 22.4. The number of fused-ring (bicyclic) bond motifs is 5. The molecule has 4 aromatic rings. The minimum atomic E-state index is -1.18. The smallest absolute Gasteiger partial charge is 0.332 e. The number of carbonyl (C=O) groups excluding carboxylic acids is 3. The van der Waals surface area contributed by atoms with Gasteiger partial charge in [0.25, 0.3) is 11.8 Å². The second kappa shape index (κ2) is 8.24. The number of H-pyrrole nitrogens is 1. The van der Waals surface area contributed by atoms with E-state index in [1.807, 2.05) is 36.4 Å². The van der Waals surface area contributed by atoms with Crippen molar-refractivity contribution < 1.29 is 14.4 Å². The number of nitrogens with zero attached hydrogens (tertiary/aromatic N) is 2. The van der Waals surface area contributed by atoms with Crippen molar-refractivity contribution in [1.82, 2.24) is 15.2 Å². The monoisotopic (exact) mass is 498 g/mol. The Labute approximate surface area is 212 Å². The number of aromatic amines is 1. The Hall–Kier alpha value is -4.10. The largest absolute Gasteiger partial charge is 0.356 e. The molecule has 4 amide bonds. The van der Waals surface area contributed by atoms with Gasteiger partial charge in [-0.15, -0.1) is 0 Å². The number of halogens is 1. The van der Waals surface area contributed by atoms with Crippen LogP contribution in [0.15, 0.2) is 72.8 Å². The zero-order valence-corrected chi connectivity index (χ0v) is 20.3. The molecule has 0 radical (unpaired) electrons. The Balaban J connectivity index is 1.35. The first-order chi connectivity index (χ1) is 17.4. The third kappa shape index (κ3) is 3.23. The van der Waals surface area contributed by atoms with Crippen molar-refractivity contribution in [2.75, 3.05) is 11.4 Å². The van der Waals surface area contributed by atoms with Crippen molar-refractivity contribution >= 4 is 46.0 Å². The van der Waals surface area contributed by atoms with Crippen LogP contribution in [0.3, 0.4) is 0 Å². The van der Waals surface area contributed by atoms with E-state index in [1.165, 1.54) is 0 Å². The number of benzene rings is 3. The molecular weight excluding hydrogens is 476 g/mol. The van der Waals surface area contributed by atoms with E-state index < -0.39 is 11.6 Å². The molecule has 0 bridgehead atoms. The predicted octanol–water partition coefficient (Wildman–Crippen LogP) is 4.99. The summed E-state index contributed by atoms with van der Waals surface area (Å²) in [6.07, 6.45) is 0.644. The van der Waals surface area contributed by atoms with Gasteiger partial charge in [0, 0.05) is 29.0 Å². The first-order valence-corrected chi connectivity index (χ1v) is 12.2. The van der Waals surface area contributed by atoms with Crippen molar-refractivity contribution in [1.29, 1.82) is 0 Å². The molecule has 7 nitrogen and oxygen atoms in total. The maximum absolute atomic E-state index is 14.0. The summed E-state index contributed by atoms with van der Waals surface area (Å²) in [5, 5.41) is 4.56. The second-order valence-electron chi connectivity index (χ2n) is 9.25. The summed E-state index contributed by atoms with van der Waals surface area (Å²) in [7, 11) is 0. The molecule has 0 aliphatic carbocycles. The molecule has 8 heteroatoms. The van der Waals surface area contributed by atoms with Crippen molar-refractivity contribution in [2.24, 2.45) is 0 Å². The standard InChI is InChI=1S/C28H23ClN4O3/c1-28-24-20(19-6-2-4-8-22(19)31-24)14-15-32(28)27(36)33(26(28)35)23-9-5-3-7-21(23)25(34)30-16-17-10-12-18(29)13-11-17/h2-13,31H,14-16H2,1H3,(H,30,34). The average Bonchev–Trinajstić information content (AvgIpc) is 3.37. The van der Waals surface area contributed by atoms with Crippen molar-refractivity contribution in [2.45, 2.75) is 25.4 Å². The van der Waals surface area contributed by atoms with Crippen LogP contribution >= 0.6 is 11.6 Å². The Bertz CT molecular complexity index is 1540. The van der Waals surface area contributed by atoms with E-state index in [1.54, 1.807) is 48.2 Å². The summed E-state index contributed by atoms with van der Waals surface area (Å²) >= 11 is 5.95. The van der Waals surface area contributed by atoms with Crippen LogP contribution < -0.4 is 10.2 Å². The Morgan fingerprint density at radius 2 is 1.75 bits per heavy atom. The van der Waals surface area contributed by atoms with Crippen molar-refractivity contribution in [3.63, 3.8) is 0 Å². The van der Waals surface area contributed by atoms with Gasteiger partial charge >= 0.3 is 6.03 Å². The van der Waals surface area contributed by atoms with Crippen LogP contribution in [0, 0.1) is 0 Å². The first-order valence-electron chi connectivity index (χ1n) is 11.8. The van der Waals surface area contributed by atoms with E-state index in [2.05, 4.69) is 10.3 Å². The molecule has 1 aromatic heterocycles. The molecule has 1 saturated heterocycles. The van der Waals surface area contributed by atoms with Gasteiger partial charge in [0.05, 0.1) is 16.9 Å². The number of carbonyl (C=O) groups is 3. The number of anilines is 1. The summed E-state index contributed by atoms with van der Waals surface area (Å²) < 4.78 is 0. The maximum atomic E-state index is 14.0. The maximum Gasteiger partial charge on any atom is 0.332 e. The highest BCUT2D eigenvalue weighted by Gasteiger charge is 2.59. The molecule has 3 aromatic carbocycles. The van der Waals surface area contributed by atoms with Gasteiger partial charge in [-0.25, -0.2) is 9.69 Å². The summed E-state index contributed by atoms with van der Waals surface area (Å²) in [4.78, 5) is 47.0. The fourth-order valence-electron chi connectivity index (χ4n) is 5.34. The van der Waals surface area contributed by atoms with E-state index in [-0.39, 0.29) is 29.6 Å². The molecule has 0 saturated carbocycles. The normalized spacial score (nSPS) is 18.9. The minimum Gasteiger partial charge on any atom is -0.356 e. The van der Waals surface area contributed by atoms with Gasteiger partial charge < -0.3 is 15.2 Å². The summed E-state index contributed by atoms with van der Waals surface area (Å²) in [5.74, 6) is -0.750. The Morgan fingerprint density at radius 1 is 1.03 bits per heavy atom. The lowest BCUT2D eigenvalue weighted by molar-refractivity contribution is -0.125. The zero-order valence-electron chi connectivity index (χ0n) is 19.5. The quantitative estimate of drug-likeness (QED) is 0.389. The topological polar surface area (TPSA) is 85.5 Å². The SMILES string of the molecule is CC12C(=O)N(c3ccccc3C(=O)NCc3ccc(Cl)cc3)C(=O)N1CCc1c2[nH]c2ccccc12. The van der Waals surface area contributed by atoms with Crippen LogP contribution in [0.1, 0.15) is 34.1 Å². The highest BCUT2D eigenvalue weighted by molar-refractivity contribution is 6.30. The number of para-hydroxylation sites is 2. The minimum absolute atomic E-state index is 0.258. The lowest BCUT2D eigenvalue weighted by Gasteiger charge is -2.35. The summed E-state index contributed by atoms with van der Waals surface area (Å²) in [5.41, 5.74) is 2.96. The lowest BCUT2D eigenvalue weighted by Crippen LogP contribution is -2.49. The predicted molar refractivity (Wildman–Crippen MR) is 138 cm³/mol. The van der Waals surface area contributed by atoms with Gasteiger partial charge in [0.1, 0.15) is 0 Å². The van der Waals surface area contributed by atoms with Gasteiger partial charge in [0.15, 0.2) is 5.54 Å². The molecule has 0 spiro atoms. The molecule has 180 valence electrons. The van der Waals surface area contributed by atoms with Gasteiger partial charge in [-0.3, -0.25) is 9.59 Å². The molecule has 1 atom stereocenters.